The number of nitrogens with one attached hydrogen (secondary N) is 1. The fraction of sp³-hybridized carbons (Fsp3) is 0.700. The van der Waals surface area contributed by atoms with Crippen LogP contribution in [-0.2, 0) is 16.4 Å². The van der Waals surface area contributed by atoms with E-state index in [4.69, 9.17) is 0 Å². The maximum absolute atomic E-state index is 11.2. The first kappa shape index (κ1) is 13.2. The third-order valence-corrected chi connectivity index (χ3v) is 4.06. The highest BCUT2D eigenvalue weighted by atomic mass is 32.2. The Morgan fingerprint density at radius 1 is 1.38 bits per heavy atom. The third-order valence-electron chi connectivity index (χ3n) is 2.36. The Hall–Kier alpha value is -0.880. The van der Waals surface area contributed by atoms with Gasteiger partial charge < -0.3 is 9.88 Å². The summed E-state index contributed by atoms with van der Waals surface area (Å²) in [6.07, 6.45) is 6.42. The molecule has 16 heavy (non-hydrogen) atoms. The lowest BCUT2D eigenvalue weighted by Gasteiger charge is -2.05. The highest BCUT2D eigenvalue weighted by molar-refractivity contribution is 7.91. The lowest BCUT2D eigenvalue weighted by molar-refractivity contribution is 0.577. The zero-order valence-corrected chi connectivity index (χ0v) is 10.4. The molecule has 1 aromatic heterocycles. The number of aromatic nitrogens is 2. The summed E-state index contributed by atoms with van der Waals surface area (Å²) < 4.78 is 24.3. The van der Waals surface area contributed by atoms with Crippen molar-refractivity contribution < 1.29 is 8.42 Å². The van der Waals surface area contributed by atoms with Gasteiger partial charge in [0.15, 0.2) is 9.84 Å². The van der Waals surface area contributed by atoms with Crippen LogP contribution in [0.4, 0.5) is 0 Å². The number of imidazole rings is 1. The second-order valence-electron chi connectivity index (χ2n) is 3.64. The summed E-state index contributed by atoms with van der Waals surface area (Å²) in [6, 6.07) is 0. The quantitative estimate of drug-likeness (QED) is 0.669. The van der Waals surface area contributed by atoms with Gasteiger partial charge in [-0.1, -0.05) is 6.92 Å². The molecule has 0 aliphatic rings. The van der Waals surface area contributed by atoms with E-state index in [1.165, 1.54) is 0 Å². The van der Waals surface area contributed by atoms with Crippen LogP contribution in [0.2, 0.25) is 0 Å². The van der Waals surface area contributed by atoms with Gasteiger partial charge in [-0.05, 0) is 13.0 Å². The van der Waals surface area contributed by atoms with Gasteiger partial charge in [-0.25, -0.2) is 13.4 Å². The van der Waals surface area contributed by atoms with Gasteiger partial charge in [-0.15, -0.1) is 0 Å². The van der Waals surface area contributed by atoms with Crippen molar-refractivity contribution in [1.82, 2.24) is 14.9 Å². The van der Waals surface area contributed by atoms with Crippen LogP contribution in [0.5, 0.6) is 0 Å². The molecule has 0 saturated carbocycles. The Balaban J connectivity index is 2.01. The van der Waals surface area contributed by atoms with Crippen LogP contribution in [0, 0.1) is 0 Å². The summed E-state index contributed by atoms with van der Waals surface area (Å²) in [4.78, 5) is 3.94. The van der Waals surface area contributed by atoms with E-state index in [9.17, 15) is 8.42 Å². The van der Waals surface area contributed by atoms with E-state index in [1.807, 2.05) is 10.8 Å². The van der Waals surface area contributed by atoms with Crippen molar-refractivity contribution in [2.24, 2.45) is 0 Å². The minimum absolute atomic E-state index is 0.226. The molecule has 5 nitrogen and oxygen atoms in total. The first-order valence-electron chi connectivity index (χ1n) is 5.51. The van der Waals surface area contributed by atoms with Crippen LogP contribution in [0.1, 0.15) is 13.3 Å². The van der Waals surface area contributed by atoms with Crippen LogP contribution in [0.3, 0.4) is 0 Å². The van der Waals surface area contributed by atoms with E-state index in [0.29, 0.717) is 6.54 Å². The maximum Gasteiger partial charge on any atom is 0.151 e. The number of hydrogen-bond donors (Lipinski definition) is 1. The van der Waals surface area contributed by atoms with E-state index in [1.54, 1.807) is 19.4 Å². The normalized spacial score (nSPS) is 11.8. The highest BCUT2D eigenvalue weighted by Gasteiger charge is 2.05. The van der Waals surface area contributed by atoms with E-state index in [-0.39, 0.29) is 11.5 Å². The lowest BCUT2D eigenvalue weighted by Crippen LogP contribution is -2.25. The third kappa shape index (κ3) is 5.27. The Labute approximate surface area is 96.8 Å². The molecule has 0 spiro atoms. The molecule has 0 aromatic carbocycles. The van der Waals surface area contributed by atoms with Crippen molar-refractivity contribution in [3.8, 4) is 0 Å². The molecule has 0 fully saturated rings. The van der Waals surface area contributed by atoms with Gasteiger partial charge in [-0.3, -0.25) is 0 Å². The molecule has 0 atom stereocenters. The van der Waals surface area contributed by atoms with Crippen molar-refractivity contribution in [3.63, 3.8) is 0 Å². The van der Waals surface area contributed by atoms with E-state index in [2.05, 4.69) is 10.3 Å². The molecule has 0 unspecified atom stereocenters. The van der Waals surface area contributed by atoms with Gasteiger partial charge in [0.25, 0.3) is 0 Å². The van der Waals surface area contributed by atoms with E-state index >= 15 is 0 Å². The summed E-state index contributed by atoms with van der Waals surface area (Å²) in [5.41, 5.74) is 0. The second-order valence-corrected chi connectivity index (χ2v) is 6.11. The molecular weight excluding hydrogens is 226 g/mol. The summed E-state index contributed by atoms with van der Waals surface area (Å²) in [6.45, 7) is 3.96. The molecule has 0 saturated heterocycles. The molecule has 92 valence electrons. The van der Waals surface area contributed by atoms with Gasteiger partial charge in [0.1, 0.15) is 0 Å². The number of rotatable bonds is 8. The van der Waals surface area contributed by atoms with Crippen molar-refractivity contribution in [2.75, 3.05) is 24.6 Å². The van der Waals surface area contributed by atoms with Crippen LogP contribution < -0.4 is 5.32 Å². The van der Waals surface area contributed by atoms with Gasteiger partial charge in [-0.2, -0.15) is 0 Å². The minimum Gasteiger partial charge on any atom is -0.337 e. The van der Waals surface area contributed by atoms with Crippen molar-refractivity contribution >= 4 is 9.84 Å². The molecule has 0 bridgehead atoms. The maximum atomic E-state index is 11.2. The highest BCUT2D eigenvalue weighted by Crippen LogP contribution is 1.90. The summed E-state index contributed by atoms with van der Waals surface area (Å²) >= 11 is 0. The van der Waals surface area contributed by atoms with Crippen molar-refractivity contribution in [1.29, 1.82) is 0 Å². The Bertz CT molecular complexity index is 373. The van der Waals surface area contributed by atoms with Crippen LogP contribution >= 0.6 is 0 Å². The number of sulfone groups is 1. The second kappa shape index (κ2) is 6.65. The van der Waals surface area contributed by atoms with E-state index < -0.39 is 9.84 Å². The standard InChI is InChI=1S/C10H19N3O2S/c1-2-16(14,15)9-6-11-4-3-7-13-8-5-12-10-13/h5,8,10-11H,2-4,6-7,9H2,1H3. The summed E-state index contributed by atoms with van der Waals surface area (Å²) in [5, 5.41) is 3.13. The zero-order valence-electron chi connectivity index (χ0n) is 9.59. The molecule has 1 N–H and O–H groups in total. The molecule has 0 aliphatic carbocycles. The van der Waals surface area contributed by atoms with Crippen LogP contribution in [-0.4, -0.2) is 42.6 Å². The van der Waals surface area contributed by atoms with Crippen molar-refractivity contribution in [2.45, 2.75) is 19.9 Å². The zero-order chi connectivity index (χ0) is 11.9. The molecule has 1 heterocycles. The first-order valence-corrected chi connectivity index (χ1v) is 7.33. The fourth-order valence-corrected chi connectivity index (χ4v) is 2.05. The molecule has 0 aliphatic heterocycles. The van der Waals surface area contributed by atoms with Gasteiger partial charge in [0.2, 0.25) is 0 Å². The Kier molecular flexibility index (Phi) is 5.48. The largest absolute Gasteiger partial charge is 0.337 e. The summed E-state index contributed by atoms with van der Waals surface area (Å²) in [7, 11) is -2.83. The molecule has 1 aromatic rings. The first-order chi connectivity index (χ1) is 7.64. The number of nitrogens with zero attached hydrogens (tertiary/aromatic N) is 2. The molecule has 6 heteroatoms. The smallest absolute Gasteiger partial charge is 0.151 e. The molecule has 0 amide bonds. The molecule has 1 rings (SSSR count). The van der Waals surface area contributed by atoms with E-state index in [0.717, 1.165) is 19.5 Å². The lowest BCUT2D eigenvalue weighted by atomic mass is 10.4. The average Bonchev–Trinajstić information content (AvgIpc) is 2.76. The predicted molar refractivity (Wildman–Crippen MR) is 64.0 cm³/mol. The molecule has 0 radical (unpaired) electrons. The Morgan fingerprint density at radius 3 is 2.81 bits per heavy atom. The monoisotopic (exact) mass is 245 g/mol. The number of aryl methyl sites for hydroxylation is 1. The topological polar surface area (TPSA) is 64.0 Å². The SMILES string of the molecule is CCS(=O)(=O)CCNCCCn1ccnc1. The van der Waals surface area contributed by atoms with Gasteiger partial charge >= 0.3 is 0 Å². The van der Waals surface area contributed by atoms with Crippen LogP contribution in [0.15, 0.2) is 18.7 Å². The van der Waals surface area contributed by atoms with Gasteiger partial charge in [0, 0.05) is 31.2 Å². The average molecular weight is 245 g/mol. The predicted octanol–water partition coefficient (Wildman–Crippen LogP) is 0.298. The van der Waals surface area contributed by atoms with Crippen molar-refractivity contribution in [3.05, 3.63) is 18.7 Å². The minimum atomic E-state index is -2.83. The summed E-state index contributed by atoms with van der Waals surface area (Å²) in [5.74, 6) is 0.457. The number of hydrogen-bond acceptors (Lipinski definition) is 4. The fourth-order valence-electron chi connectivity index (χ4n) is 1.30. The van der Waals surface area contributed by atoms with Gasteiger partial charge in [0.05, 0.1) is 12.1 Å². The van der Waals surface area contributed by atoms with Crippen LogP contribution in [0.25, 0.3) is 0 Å². The Morgan fingerprint density at radius 2 is 2.19 bits per heavy atom. The molecular formula is C10H19N3O2S.